The lowest BCUT2D eigenvalue weighted by Crippen LogP contribution is -2.24. The van der Waals surface area contributed by atoms with Gasteiger partial charge in [0.25, 0.3) is 0 Å². The Morgan fingerprint density at radius 1 is 1.26 bits per heavy atom. The van der Waals surface area contributed by atoms with Gasteiger partial charge in [0, 0.05) is 15.0 Å². The van der Waals surface area contributed by atoms with Gasteiger partial charge in [-0.05, 0) is 54.8 Å². The summed E-state index contributed by atoms with van der Waals surface area (Å²) >= 11 is 7.19. The second kappa shape index (κ2) is 7.27. The van der Waals surface area contributed by atoms with Crippen LogP contribution in [0.1, 0.15) is 30.5 Å². The lowest BCUT2D eigenvalue weighted by Gasteiger charge is -2.20. The molecule has 0 fully saturated rings. The van der Waals surface area contributed by atoms with Crippen LogP contribution in [0.25, 0.3) is 0 Å². The van der Waals surface area contributed by atoms with Crippen LogP contribution in [0.15, 0.2) is 50.2 Å². The normalized spacial score (nSPS) is 12.6. The zero-order valence-corrected chi connectivity index (χ0v) is 14.0. The zero-order valence-electron chi connectivity index (χ0n) is 10.8. The number of furan rings is 1. The number of hydrogen-bond acceptors (Lipinski definition) is 2. The van der Waals surface area contributed by atoms with E-state index >= 15 is 0 Å². The van der Waals surface area contributed by atoms with Crippen LogP contribution < -0.4 is 5.32 Å². The molecule has 1 atom stereocenters. The van der Waals surface area contributed by atoms with Crippen molar-refractivity contribution in [2.24, 2.45) is 0 Å². The lowest BCUT2D eigenvalue weighted by molar-refractivity contribution is 0.519. The van der Waals surface area contributed by atoms with Gasteiger partial charge in [0.1, 0.15) is 0 Å². The fourth-order valence-corrected chi connectivity index (χ4v) is 2.94. The molecule has 0 aliphatic carbocycles. The molecule has 102 valence electrons. The first kappa shape index (κ1) is 14.8. The Hall–Kier alpha value is -0.580. The van der Waals surface area contributed by atoms with Gasteiger partial charge in [0.15, 0.2) is 0 Å². The largest absolute Gasteiger partial charge is 0.472 e. The minimum atomic E-state index is 0.282. The molecule has 0 aliphatic rings. The third kappa shape index (κ3) is 4.20. The summed E-state index contributed by atoms with van der Waals surface area (Å²) in [5.41, 5.74) is 2.48. The molecule has 2 rings (SSSR count). The van der Waals surface area contributed by atoms with Crippen LogP contribution >= 0.6 is 31.9 Å². The summed E-state index contributed by atoms with van der Waals surface area (Å²) in [6, 6.07) is 8.59. The van der Waals surface area contributed by atoms with Crippen molar-refractivity contribution in [3.8, 4) is 0 Å². The summed E-state index contributed by atoms with van der Waals surface area (Å²) in [6.07, 6.45) is 5.58. The molecule has 1 heterocycles. The van der Waals surface area contributed by atoms with Crippen LogP contribution in [0, 0.1) is 0 Å². The van der Waals surface area contributed by atoms with Crippen LogP contribution in [0.4, 0.5) is 0 Å². The van der Waals surface area contributed by atoms with Gasteiger partial charge in [-0.2, -0.15) is 0 Å². The molecule has 2 aromatic rings. The highest BCUT2D eigenvalue weighted by atomic mass is 79.9. The van der Waals surface area contributed by atoms with Crippen LogP contribution in [0.3, 0.4) is 0 Å². The second-order valence-corrected chi connectivity index (χ2v) is 6.28. The SMILES string of the molecule is CCCNC(Cc1ccoc1)c1cc(Br)ccc1Br. The summed E-state index contributed by atoms with van der Waals surface area (Å²) in [5.74, 6) is 0. The molecule has 0 amide bonds. The Kier molecular flexibility index (Phi) is 5.67. The van der Waals surface area contributed by atoms with Crippen LogP contribution in [-0.4, -0.2) is 6.54 Å². The molecule has 1 aromatic heterocycles. The molecular formula is C15H17Br2NO. The molecule has 0 saturated heterocycles. The Labute approximate surface area is 130 Å². The fraction of sp³-hybridized carbons (Fsp3) is 0.333. The van der Waals surface area contributed by atoms with Gasteiger partial charge < -0.3 is 9.73 Å². The van der Waals surface area contributed by atoms with Crippen LogP contribution in [0.2, 0.25) is 0 Å². The first-order valence-corrected chi connectivity index (χ1v) is 7.98. The van der Waals surface area contributed by atoms with Crippen molar-refractivity contribution in [2.75, 3.05) is 6.54 Å². The van der Waals surface area contributed by atoms with Crippen molar-refractivity contribution < 1.29 is 4.42 Å². The summed E-state index contributed by atoms with van der Waals surface area (Å²) in [7, 11) is 0. The van der Waals surface area contributed by atoms with E-state index in [0.29, 0.717) is 0 Å². The van der Waals surface area contributed by atoms with Crippen molar-refractivity contribution in [2.45, 2.75) is 25.8 Å². The second-order valence-electron chi connectivity index (χ2n) is 4.51. The Bertz CT molecular complexity index is 511. The van der Waals surface area contributed by atoms with Crippen LogP contribution in [-0.2, 0) is 6.42 Å². The molecule has 0 spiro atoms. The van der Waals surface area contributed by atoms with Crippen molar-refractivity contribution in [3.05, 3.63) is 56.9 Å². The van der Waals surface area contributed by atoms with Crippen LogP contribution in [0.5, 0.6) is 0 Å². The predicted octanol–water partition coefficient (Wildman–Crippen LogP) is 5.09. The third-order valence-corrected chi connectivity index (χ3v) is 4.21. The maximum absolute atomic E-state index is 5.16. The number of hydrogen-bond donors (Lipinski definition) is 1. The lowest BCUT2D eigenvalue weighted by atomic mass is 10.0. The van der Waals surface area contributed by atoms with E-state index in [1.165, 1.54) is 11.1 Å². The Balaban J connectivity index is 2.23. The highest BCUT2D eigenvalue weighted by Crippen LogP contribution is 2.29. The van der Waals surface area contributed by atoms with E-state index in [1.54, 1.807) is 6.26 Å². The Morgan fingerprint density at radius 3 is 2.79 bits per heavy atom. The minimum Gasteiger partial charge on any atom is -0.472 e. The van der Waals surface area contributed by atoms with Gasteiger partial charge in [-0.25, -0.2) is 0 Å². The van der Waals surface area contributed by atoms with Gasteiger partial charge in [0.2, 0.25) is 0 Å². The molecule has 0 aliphatic heterocycles. The van der Waals surface area contributed by atoms with Gasteiger partial charge in [-0.15, -0.1) is 0 Å². The molecule has 4 heteroatoms. The van der Waals surface area contributed by atoms with E-state index in [-0.39, 0.29) is 6.04 Å². The highest BCUT2D eigenvalue weighted by Gasteiger charge is 2.15. The molecule has 0 radical (unpaired) electrons. The first-order valence-electron chi connectivity index (χ1n) is 6.40. The molecule has 2 nitrogen and oxygen atoms in total. The standard InChI is InChI=1S/C15H17Br2NO/c1-2-6-18-15(8-11-5-7-19-10-11)13-9-12(16)3-4-14(13)17/h3-5,7,9-10,15,18H,2,6,8H2,1H3. The fourth-order valence-electron chi connectivity index (χ4n) is 2.04. The van der Waals surface area contributed by atoms with E-state index in [2.05, 4.69) is 56.2 Å². The van der Waals surface area contributed by atoms with E-state index in [0.717, 1.165) is 28.3 Å². The van der Waals surface area contributed by atoms with Gasteiger partial charge >= 0.3 is 0 Å². The van der Waals surface area contributed by atoms with Crippen molar-refractivity contribution in [1.82, 2.24) is 5.32 Å². The van der Waals surface area contributed by atoms with Crippen molar-refractivity contribution in [1.29, 1.82) is 0 Å². The molecule has 19 heavy (non-hydrogen) atoms. The van der Waals surface area contributed by atoms with E-state index in [9.17, 15) is 0 Å². The topological polar surface area (TPSA) is 25.2 Å². The van der Waals surface area contributed by atoms with Gasteiger partial charge in [-0.1, -0.05) is 38.8 Å². The van der Waals surface area contributed by atoms with Crippen molar-refractivity contribution >= 4 is 31.9 Å². The number of rotatable bonds is 6. The summed E-state index contributed by atoms with van der Waals surface area (Å²) < 4.78 is 7.39. The molecular weight excluding hydrogens is 370 g/mol. The van der Waals surface area contributed by atoms with Crippen molar-refractivity contribution in [3.63, 3.8) is 0 Å². The number of nitrogens with one attached hydrogen (secondary N) is 1. The number of benzene rings is 1. The average Bonchev–Trinajstić information content (AvgIpc) is 2.90. The monoisotopic (exact) mass is 385 g/mol. The van der Waals surface area contributed by atoms with E-state index < -0.39 is 0 Å². The van der Waals surface area contributed by atoms with Gasteiger partial charge in [0.05, 0.1) is 12.5 Å². The molecule has 1 unspecified atom stereocenters. The molecule has 0 bridgehead atoms. The third-order valence-electron chi connectivity index (χ3n) is 2.99. The summed E-state index contributed by atoms with van der Waals surface area (Å²) in [6.45, 7) is 3.18. The maximum atomic E-state index is 5.16. The summed E-state index contributed by atoms with van der Waals surface area (Å²) in [4.78, 5) is 0. The highest BCUT2D eigenvalue weighted by molar-refractivity contribution is 9.11. The molecule has 0 saturated carbocycles. The Morgan fingerprint density at radius 2 is 2.11 bits per heavy atom. The smallest absolute Gasteiger partial charge is 0.0935 e. The van der Waals surface area contributed by atoms with Gasteiger partial charge in [-0.3, -0.25) is 0 Å². The molecule has 1 aromatic carbocycles. The maximum Gasteiger partial charge on any atom is 0.0935 e. The van der Waals surface area contributed by atoms with E-state index in [1.807, 2.05) is 18.4 Å². The predicted molar refractivity (Wildman–Crippen MR) is 85.3 cm³/mol. The molecule has 1 N–H and O–H groups in total. The minimum absolute atomic E-state index is 0.282. The van der Waals surface area contributed by atoms with E-state index in [4.69, 9.17) is 4.42 Å². The quantitative estimate of drug-likeness (QED) is 0.747. The first-order chi connectivity index (χ1) is 9.20. The number of halogens is 2. The average molecular weight is 387 g/mol. The summed E-state index contributed by atoms with van der Waals surface area (Å²) in [5, 5.41) is 3.60. The zero-order chi connectivity index (χ0) is 13.7.